The van der Waals surface area contributed by atoms with Crippen molar-refractivity contribution in [3.05, 3.63) is 56.7 Å². The van der Waals surface area contributed by atoms with Crippen LogP contribution in [0.4, 0.5) is 0 Å². The van der Waals surface area contributed by atoms with E-state index in [1.165, 1.54) is 12.7 Å². The number of carbonyl (C=O) groups is 2. The van der Waals surface area contributed by atoms with Crippen molar-refractivity contribution in [3.63, 3.8) is 0 Å². The van der Waals surface area contributed by atoms with E-state index in [9.17, 15) is 9.59 Å². The predicted octanol–water partition coefficient (Wildman–Crippen LogP) is 3.58. The van der Waals surface area contributed by atoms with E-state index < -0.39 is 5.97 Å². The lowest BCUT2D eigenvalue weighted by Crippen LogP contribution is -2.44. The van der Waals surface area contributed by atoms with Gasteiger partial charge in [0.05, 0.1) is 12.0 Å². The van der Waals surface area contributed by atoms with E-state index >= 15 is 0 Å². The molecule has 1 aromatic carbocycles. The van der Waals surface area contributed by atoms with E-state index in [0.717, 1.165) is 48.8 Å². The Morgan fingerprint density at radius 2 is 1.81 bits per heavy atom. The summed E-state index contributed by atoms with van der Waals surface area (Å²) in [5, 5.41) is 3.82. The van der Waals surface area contributed by atoms with Gasteiger partial charge in [0.15, 0.2) is 0 Å². The van der Waals surface area contributed by atoms with Crippen molar-refractivity contribution in [2.24, 2.45) is 0 Å². The van der Waals surface area contributed by atoms with Crippen molar-refractivity contribution in [1.82, 2.24) is 10.2 Å². The first-order valence-corrected chi connectivity index (χ1v) is 9.70. The van der Waals surface area contributed by atoms with Gasteiger partial charge in [-0.2, -0.15) is 0 Å². The summed E-state index contributed by atoms with van der Waals surface area (Å²) in [6.45, 7) is 2.77. The number of rotatable bonds is 5. The number of nitrogens with zero attached hydrogens (tertiary/aromatic N) is 1. The Bertz CT molecular complexity index is 767. The van der Waals surface area contributed by atoms with Crippen LogP contribution < -0.4 is 5.32 Å². The van der Waals surface area contributed by atoms with Gasteiger partial charge in [-0.1, -0.05) is 23.7 Å². The lowest BCUT2D eigenvalue weighted by Gasteiger charge is -2.32. The largest absolute Gasteiger partial charge is 0.465 e. The van der Waals surface area contributed by atoms with Gasteiger partial charge in [0, 0.05) is 30.7 Å². The van der Waals surface area contributed by atoms with Crippen LogP contribution >= 0.6 is 22.9 Å². The van der Waals surface area contributed by atoms with Gasteiger partial charge in [-0.05, 0) is 42.7 Å². The number of likely N-dealkylation sites (tertiary alicyclic amines) is 1. The van der Waals surface area contributed by atoms with Crippen molar-refractivity contribution in [2.75, 3.05) is 20.2 Å². The maximum atomic E-state index is 12.4. The molecule has 0 radical (unpaired) electrons. The minimum atomic E-state index is -0.412. The Balaban J connectivity index is 1.47. The average molecular weight is 393 g/mol. The van der Waals surface area contributed by atoms with Gasteiger partial charge >= 0.3 is 5.97 Å². The molecule has 2 heterocycles. The number of hydrogen-bond acceptors (Lipinski definition) is 5. The molecule has 1 N–H and O–H groups in total. The Labute approximate surface area is 161 Å². The van der Waals surface area contributed by atoms with Crippen molar-refractivity contribution >= 4 is 34.8 Å². The SMILES string of the molecule is COC(=O)c1ccc(C(=O)NC2CCN(Cc3ccc(Cl)cc3)CC2)s1. The summed E-state index contributed by atoms with van der Waals surface area (Å²) in [4.78, 5) is 27.2. The summed E-state index contributed by atoms with van der Waals surface area (Å²) in [5.41, 5.74) is 1.24. The third-order valence-corrected chi connectivity index (χ3v) is 5.77. The molecule has 26 heavy (non-hydrogen) atoms. The van der Waals surface area contributed by atoms with Crippen LogP contribution in [0, 0.1) is 0 Å². The zero-order chi connectivity index (χ0) is 18.5. The van der Waals surface area contributed by atoms with Crippen LogP contribution in [0.3, 0.4) is 0 Å². The van der Waals surface area contributed by atoms with Crippen LogP contribution in [0.15, 0.2) is 36.4 Å². The number of amides is 1. The third kappa shape index (κ3) is 4.84. The van der Waals surface area contributed by atoms with Gasteiger partial charge in [0.2, 0.25) is 0 Å². The van der Waals surface area contributed by atoms with E-state index in [4.69, 9.17) is 11.6 Å². The highest BCUT2D eigenvalue weighted by molar-refractivity contribution is 7.15. The fourth-order valence-corrected chi connectivity index (χ4v) is 3.96. The quantitative estimate of drug-likeness (QED) is 0.790. The molecule has 0 bridgehead atoms. The van der Waals surface area contributed by atoms with Gasteiger partial charge in [-0.3, -0.25) is 9.69 Å². The predicted molar refractivity (Wildman–Crippen MR) is 103 cm³/mol. The number of piperidine rings is 1. The number of halogens is 1. The van der Waals surface area contributed by atoms with E-state index in [0.29, 0.717) is 9.75 Å². The molecule has 0 atom stereocenters. The number of nitrogens with one attached hydrogen (secondary N) is 1. The fourth-order valence-electron chi connectivity index (χ4n) is 3.01. The first kappa shape index (κ1) is 18.9. The molecule has 1 saturated heterocycles. The van der Waals surface area contributed by atoms with Crippen molar-refractivity contribution in [3.8, 4) is 0 Å². The second-order valence-electron chi connectivity index (χ2n) is 6.31. The molecule has 1 amide bonds. The summed E-state index contributed by atoms with van der Waals surface area (Å²) < 4.78 is 4.67. The van der Waals surface area contributed by atoms with Crippen LogP contribution in [0.5, 0.6) is 0 Å². The van der Waals surface area contributed by atoms with Crippen LogP contribution in [-0.4, -0.2) is 43.0 Å². The van der Waals surface area contributed by atoms with Crippen molar-refractivity contribution in [1.29, 1.82) is 0 Å². The normalized spacial score (nSPS) is 15.6. The molecule has 1 aliphatic heterocycles. The molecule has 1 aromatic heterocycles. The van der Waals surface area contributed by atoms with Gasteiger partial charge < -0.3 is 10.1 Å². The second kappa shape index (κ2) is 8.66. The standard InChI is InChI=1S/C19H21ClN2O3S/c1-25-19(24)17-7-6-16(26-17)18(23)21-15-8-10-22(11-9-15)12-13-2-4-14(20)5-3-13/h2-7,15H,8-12H2,1H3,(H,21,23). The van der Waals surface area contributed by atoms with Gasteiger partial charge in [0.1, 0.15) is 4.88 Å². The Morgan fingerprint density at radius 1 is 1.15 bits per heavy atom. The third-order valence-electron chi connectivity index (χ3n) is 4.46. The maximum absolute atomic E-state index is 12.4. The molecule has 0 aliphatic carbocycles. The Kier molecular flexibility index (Phi) is 6.29. The summed E-state index contributed by atoms with van der Waals surface area (Å²) >= 11 is 7.08. The van der Waals surface area contributed by atoms with Gasteiger partial charge in [0.25, 0.3) is 5.91 Å². The lowest BCUT2D eigenvalue weighted by atomic mass is 10.0. The number of carbonyl (C=O) groups excluding carboxylic acids is 2. The lowest BCUT2D eigenvalue weighted by molar-refractivity contribution is 0.0606. The Morgan fingerprint density at radius 3 is 2.46 bits per heavy atom. The number of methoxy groups -OCH3 is 1. The van der Waals surface area contributed by atoms with E-state index in [1.54, 1.807) is 12.1 Å². The molecule has 138 valence electrons. The monoisotopic (exact) mass is 392 g/mol. The zero-order valence-electron chi connectivity index (χ0n) is 14.5. The molecule has 2 aromatic rings. The summed E-state index contributed by atoms with van der Waals surface area (Å²) in [7, 11) is 1.33. The number of benzene rings is 1. The summed E-state index contributed by atoms with van der Waals surface area (Å²) in [5.74, 6) is -0.536. The van der Waals surface area contributed by atoms with E-state index in [1.807, 2.05) is 24.3 Å². The van der Waals surface area contributed by atoms with Gasteiger partial charge in [-0.25, -0.2) is 4.79 Å². The fraction of sp³-hybridized carbons (Fsp3) is 0.368. The first-order valence-electron chi connectivity index (χ1n) is 8.51. The maximum Gasteiger partial charge on any atom is 0.348 e. The average Bonchev–Trinajstić information content (AvgIpc) is 3.15. The van der Waals surface area contributed by atoms with Gasteiger partial charge in [-0.15, -0.1) is 11.3 Å². The highest BCUT2D eigenvalue weighted by Crippen LogP contribution is 2.19. The molecule has 5 nitrogen and oxygen atoms in total. The molecule has 0 spiro atoms. The molecular formula is C19H21ClN2O3S. The number of esters is 1. The second-order valence-corrected chi connectivity index (χ2v) is 7.83. The van der Waals surface area contributed by atoms with Crippen molar-refractivity contribution < 1.29 is 14.3 Å². The minimum absolute atomic E-state index is 0.124. The van der Waals surface area contributed by atoms with E-state index in [2.05, 4.69) is 15.0 Å². The molecule has 1 fully saturated rings. The van der Waals surface area contributed by atoms with Crippen LogP contribution in [0.25, 0.3) is 0 Å². The number of hydrogen-bond donors (Lipinski definition) is 1. The molecule has 1 aliphatic rings. The zero-order valence-corrected chi connectivity index (χ0v) is 16.1. The highest BCUT2D eigenvalue weighted by atomic mass is 35.5. The summed E-state index contributed by atoms with van der Waals surface area (Å²) in [6.07, 6.45) is 1.82. The summed E-state index contributed by atoms with van der Waals surface area (Å²) in [6, 6.07) is 11.4. The first-order chi connectivity index (χ1) is 12.5. The smallest absolute Gasteiger partial charge is 0.348 e. The van der Waals surface area contributed by atoms with E-state index in [-0.39, 0.29) is 11.9 Å². The van der Waals surface area contributed by atoms with Crippen LogP contribution in [0.1, 0.15) is 37.7 Å². The number of thiophene rings is 1. The highest BCUT2D eigenvalue weighted by Gasteiger charge is 2.22. The molecule has 7 heteroatoms. The van der Waals surface area contributed by atoms with Crippen LogP contribution in [-0.2, 0) is 11.3 Å². The number of ether oxygens (including phenoxy) is 1. The molecule has 3 rings (SSSR count). The Hall–Kier alpha value is -1.89. The molecule has 0 unspecified atom stereocenters. The molecular weight excluding hydrogens is 372 g/mol. The minimum Gasteiger partial charge on any atom is -0.465 e. The molecule has 0 saturated carbocycles. The van der Waals surface area contributed by atoms with Crippen LogP contribution in [0.2, 0.25) is 5.02 Å². The topological polar surface area (TPSA) is 58.6 Å². The van der Waals surface area contributed by atoms with Crippen molar-refractivity contribution in [2.45, 2.75) is 25.4 Å².